The maximum atomic E-state index is 13.5. The van der Waals surface area contributed by atoms with Gasteiger partial charge in [-0.15, -0.1) is 11.8 Å². The predicted molar refractivity (Wildman–Crippen MR) is 156 cm³/mol. The minimum atomic E-state index is -0.969. The largest absolute Gasteiger partial charge is 0.481 e. The summed E-state index contributed by atoms with van der Waals surface area (Å²) in [4.78, 5) is 43.5. The summed E-state index contributed by atoms with van der Waals surface area (Å²) >= 11 is 2.81. The molecule has 9 heteroatoms. The molecule has 7 nitrogen and oxygen atoms in total. The van der Waals surface area contributed by atoms with Crippen molar-refractivity contribution in [1.82, 2.24) is 4.98 Å². The summed E-state index contributed by atoms with van der Waals surface area (Å²) in [5, 5.41) is 15.4. The zero-order chi connectivity index (χ0) is 27.4. The van der Waals surface area contributed by atoms with E-state index in [1.807, 2.05) is 79.7 Å². The van der Waals surface area contributed by atoms with E-state index in [9.17, 15) is 19.5 Å². The van der Waals surface area contributed by atoms with E-state index < -0.39 is 23.1 Å². The fourth-order valence-corrected chi connectivity index (χ4v) is 6.60. The number of fused-ring (bicyclic) bond motifs is 1. The molecule has 3 N–H and O–H groups in total. The van der Waals surface area contributed by atoms with Crippen LogP contribution in [0, 0.1) is 18.8 Å². The molecule has 3 atom stereocenters. The summed E-state index contributed by atoms with van der Waals surface area (Å²) in [6, 6.07) is 22.8. The van der Waals surface area contributed by atoms with Crippen LogP contribution in [-0.2, 0) is 14.4 Å². The van der Waals surface area contributed by atoms with E-state index in [0.717, 1.165) is 26.2 Å². The van der Waals surface area contributed by atoms with Gasteiger partial charge in [0.2, 0.25) is 11.8 Å². The van der Waals surface area contributed by atoms with E-state index in [4.69, 9.17) is 0 Å². The number of aryl methyl sites for hydroxylation is 1. The standard InChI is InChI=1S/C30H27N3O4S2/c1-18-14-15-24-25(16-18)39-30(32-24)33-28(35)26(19-8-3-2-4-9-19)38-21-11-7-10-20(17-21)31-27(34)22-12-5-6-13-23(22)29(36)37/h2-11,14-17,22-23,26H,12-13H2,1H3,(H,31,34)(H,36,37)(H,32,33,35). The second-order valence-corrected chi connectivity index (χ2v) is 11.6. The van der Waals surface area contributed by atoms with Gasteiger partial charge in [-0.1, -0.05) is 66.0 Å². The number of nitrogens with one attached hydrogen (secondary N) is 2. The van der Waals surface area contributed by atoms with Gasteiger partial charge < -0.3 is 15.7 Å². The van der Waals surface area contributed by atoms with E-state index in [1.165, 1.54) is 23.1 Å². The van der Waals surface area contributed by atoms with Gasteiger partial charge in [0.25, 0.3) is 0 Å². The molecule has 3 aromatic carbocycles. The topological polar surface area (TPSA) is 108 Å². The van der Waals surface area contributed by atoms with Crippen LogP contribution in [-0.4, -0.2) is 27.9 Å². The molecule has 39 heavy (non-hydrogen) atoms. The number of thioether (sulfide) groups is 1. The minimum absolute atomic E-state index is 0.199. The van der Waals surface area contributed by atoms with Crippen molar-refractivity contribution in [2.75, 3.05) is 10.6 Å². The number of carbonyl (C=O) groups excluding carboxylic acids is 2. The van der Waals surface area contributed by atoms with Crippen LogP contribution in [0.15, 0.2) is 89.8 Å². The normalized spacial score (nSPS) is 17.5. The van der Waals surface area contributed by atoms with E-state index >= 15 is 0 Å². The van der Waals surface area contributed by atoms with Gasteiger partial charge >= 0.3 is 5.97 Å². The number of carboxylic acids is 1. The van der Waals surface area contributed by atoms with Crippen LogP contribution < -0.4 is 10.6 Å². The van der Waals surface area contributed by atoms with Crippen molar-refractivity contribution in [3.8, 4) is 0 Å². The van der Waals surface area contributed by atoms with E-state index in [2.05, 4.69) is 15.6 Å². The molecule has 5 rings (SSSR count). The van der Waals surface area contributed by atoms with Gasteiger partial charge in [-0.2, -0.15) is 0 Å². The number of amides is 2. The lowest BCUT2D eigenvalue weighted by Gasteiger charge is -2.24. The van der Waals surface area contributed by atoms with Gasteiger partial charge in [0.05, 0.1) is 22.1 Å². The minimum Gasteiger partial charge on any atom is -0.481 e. The maximum absolute atomic E-state index is 13.5. The molecule has 0 aliphatic heterocycles. The number of hydrogen-bond donors (Lipinski definition) is 3. The SMILES string of the molecule is Cc1ccc2nc(NC(=O)C(Sc3cccc(NC(=O)C4CC=CCC4C(=O)O)c3)c3ccccc3)sc2c1. The quantitative estimate of drug-likeness (QED) is 0.165. The first kappa shape index (κ1) is 26.6. The molecule has 0 saturated heterocycles. The van der Waals surface area contributed by atoms with E-state index in [-0.39, 0.29) is 11.8 Å². The molecule has 1 aliphatic rings. The van der Waals surface area contributed by atoms with Gasteiger partial charge in [-0.05, 0) is 61.2 Å². The third-order valence-electron chi connectivity index (χ3n) is 6.56. The average molecular weight is 558 g/mol. The van der Waals surface area contributed by atoms with Crippen LogP contribution in [0.5, 0.6) is 0 Å². The number of anilines is 2. The zero-order valence-corrected chi connectivity index (χ0v) is 22.8. The Hall–Kier alpha value is -3.95. The monoisotopic (exact) mass is 557 g/mol. The van der Waals surface area contributed by atoms with Crippen LogP contribution in [0.25, 0.3) is 10.2 Å². The summed E-state index contributed by atoms with van der Waals surface area (Å²) in [5.41, 5.74) is 3.36. The Kier molecular flexibility index (Phi) is 8.09. The second kappa shape index (κ2) is 11.8. The number of aliphatic carboxylic acids is 1. The van der Waals surface area contributed by atoms with Crippen molar-refractivity contribution < 1.29 is 19.5 Å². The molecule has 198 valence electrons. The van der Waals surface area contributed by atoms with Crippen LogP contribution in [0.1, 0.15) is 29.2 Å². The Balaban J connectivity index is 1.34. The molecule has 1 aromatic heterocycles. The molecule has 0 fully saturated rings. The van der Waals surface area contributed by atoms with Gasteiger partial charge in [-0.3, -0.25) is 14.4 Å². The highest BCUT2D eigenvalue weighted by Gasteiger charge is 2.34. The Labute approximate surface area is 234 Å². The molecule has 0 radical (unpaired) electrons. The molecular weight excluding hydrogens is 530 g/mol. The number of nitrogens with zero attached hydrogens (tertiary/aromatic N) is 1. The number of benzene rings is 3. The summed E-state index contributed by atoms with van der Waals surface area (Å²) in [6.45, 7) is 2.02. The fourth-order valence-electron chi connectivity index (χ4n) is 4.55. The number of carboxylic acid groups (broad SMARTS) is 1. The van der Waals surface area contributed by atoms with E-state index in [0.29, 0.717) is 23.7 Å². The van der Waals surface area contributed by atoms with Crippen LogP contribution in [0.4, 0.5) is 10.8 Å². The lowest BCUT2D eigenvalue weighted by molar-refractivity contribution is -0.146. The zero-order valence-electron chi connectivity index (χ0n) is 21.2. The number of allylic oxidation sites excluding steroid dienone is 2. The highest BCUT2D eigenvalue weighted by atomic mass is 32.2. The van der Waals surface area contributed by atoms with Crippen LogP contribution in [0.3, 0.4) is 0 Å². The molecule has 0 bridgehead atoms. The third kappa shape index (κ3) is 6.38. The Morgan fingerprint density at radius 3 is 2.49 bits per heavy atom. The van der Waals surface area contributed by atoms with Crippen molar-refractivity contribution >= 4 is 61.9 Å². The van der Waals surface area contributed by atoms with Crippen molar-refractivity contribution in [3.05, 3.63) is 96.1 Å². The molecule has 0 spiro atoms. The highest BCUT2D eigenvalue weighted by Crippen LogP contribution is 2.38. The maximum Gasteiger partial charge on any atom is 0.307 e. The van der Waals surface area contributed by atoms with Crippen molar-refractivity contribution in [1.29, 1.82) is 0 Å². The summed E-state index contributed by atoms with van der Waals surface area (Å²) < 4.78 is 1.01. The van der Waals surface area contributed by atoms with Crippen molar-refractivity contribution in [2.24, 2.45) is 11.8 Å². The van der Waals surface area contributed by atoms with Gasteiger partial charge in [-0.25, -0.2) is 4.98 Å². The lowest BCUT2D eigenvalue weighted by atomic mass is 9.82. The van der Waals surface area contributed by atoms with Crippen LogP contribution >= 0.6 is 23.1 Å². The van der Waals surface area contributed by atoms with Gasteiger partial charge in [0.15, 0.2) is 5.13 Å². The number of hydrogen-bond acceptors (Lipinski definition) is 6. The Morgan fingerprint density at radius 1 is 0.949 bits per heavy atom. The molecule has 0 saturated carbocycles. The smallest absolute Gasteiger partial charge is 0.307 e. The van der Waals surface area contributed by atoms with Gasteiger partial charge in [0, 0.05) is 10.6 Å². The molecular formula is C30H27N3O4S2. The molecule has 1 heterocycles. The molecule has 1 aliphatic carbocycles. The van der Waals surface area contributed by atoms with Gasteiger partial charge in [0.1, 0.15) is 5.25 Å². The highest BCUT2D eigenvalue weighted by molar-refractivity contribution is 8.00. The van der Waals surface area contributed by atoms with Crippen LogP contribution in [0.2, 0.25) is 0 Å². The first-order valence-corrected chi connectivity index (χ1v) is 14.3. The average Bonchev–Trinajstić information content (AvgIpc) is 3.33. The Morgan fingerprint density at radius 2 is 1.72 bits per heavy atom. The lowest BCUT2D eigenvalue weighted by Crippen LogP contribution is -2.34. The van der Waals surface area contributed by atoms with Crippen molar-refractivity contribution in [2.45, 2.75) is 29.9 Å². The predicted octanol–water partition coefficient (Wildman–Crippen LogP) is 6.68. The number of carbonyl (C=O) groups is 3. The second-order valence-electron chi connectivity index (χ2n) is 9.40. The van der Waals surface area contributed by atoms with E-state index in [1.54, 1.807) is 12.1 Å². The Bertz CT molecular complexity index is 1550. The number of aromatic nitrogens is 1. The molecule has 4 aromatic rings. The first-order valence-electron chi connectivity index (χ1n) is 12.6. The fraction of sp³-hybridized carbons (Fsp3) is 0.200. The molecule has 2 amide bonds. The summed E-state index contributed by atoms with van der Waals surface area (Å²) in [5.74, 6) is -2.87. The number of thiazole rings is 1. The summed E-state index contributed by atoms with van der Waals surface area (Å²) in [7, 11) is 0. The first-order chi connectivity index (χ1) is 18.9. The molecule has 3 unspecified atom stereocenters. The van der Waals surface area contributed by atoms with Crippen molar-refractivity contribution in [3.63, 3.8) is 0 Å². The summed E-state index contributed by atoms with van der Waals surface area (Å²) in [6.07, 6.45) is 4.39. The number of rotatable bonds is 8. The third-order valence-corrected chi connectivity index (χ3v) is 8.74.